The van der Waals surface area contributed by atoms with Gasteiger partial charge in [-0.3, -0.25) is 4.79 Å². The second kappa shape index (κ2) is 6.37. The molecule has 0 fully saturated rings. The number of nitrogens with zero attached hydrogens (tertiary/aromatic N) is 1. The molecule has 18 heavy (non-hydrogen) atoms. The van der Waals surface area contributed by atoms with Crippen molar-refractivity contribution in [3.8, 4) is 0 Å². The minimum absolute atomic E-state index is 0.128. The van der Waals surface area contributed by atoms with Crippen LogP contribution in [0.1, 0.15) is 12.5 Å². The number of nitrogens with one attached hydrogen (secondary N) is 2. The Labute approximate surface area is 110 Å². The summed E-state index contributed by atoms with van der Waals surface area (Å²) in [4.78, 5) is 19.0. The molecule has 0 bridgehead atoms. The molecule has 5 heteroatoms. The number of hydrogen-bond donors (Lipinski definition) is 2. The van der Waals surface area contributed by atoms with E-state index < -0.39 is 0 Å². The van der Waals surface area contributed by atoms with Gasteiger partial charge in [-0.25, -0.2) is 4.98 Å². The SMILES string of the molecule is CCNCc1ccc(Sc2nccc(=O)[nH]2)cc1. The van der Waals surface area contributed by atoms with E-state index >= 15 is 0 Å². The summed E-state index contributed by atoms with van der Waals surface area (Å²) >= 11 is 1.45. The molecule has 1 heterocycles. The molecular weight excluding hydrogens is 246 g/mol. The molecule has 0 aliphatic carbocycles. The molecule has 0 aliphatic rings. The molecule has 0 atom stereocenters. The minimum atomic E-state index is -0.128. The Morgan fingerprint density at radius 3 is 2.72 bits per heavy atom. The maximum absolute atomic E-state index is 11.1. The Hall–Kier alpha value is -1.59. The number of benzene rings is 1. The molecule has 94 valence electrons. The quantitative estimate of drug-likeness (QED) is 0.809. The van der Waals surface area contributed by atoms with Crippen molar-refractivity contribution >= 4 is 11.8 Å². The van der Waals surface area contributed by atoms with Crippen molar-refractivity contribution in [3.05, 3.63) is 52.4 Å². The fraction of sp³-hybridized carbons (Fsp3) is 0.231. The van der Waals surface area contributed by atoms with Gasteiger partial charge in [-0.15, -0.1) is 0 Å². The van der Waals surface area contributed by atoms with Gasteiger partial charge in [0.15, 0.2) is 5.16 Å². The Bertz CT molecular complexity index is 551. The summed E-state index contributed by atoms with van der Waals surface area (Å²) < 4.78 is 0. The average Bonchev–Trinajstić information content (AvgIpc) is 2.38. The Morgan fingerprint density at radius 2 is 2.06 bits per heavy atom. The fourth-order valence-electron chi connectivity index (χ4n) is 1.46. The molecule has 0 saturated heterocycles. The molecule has 4 nitrogen and oxygen atoms in total. The standard InChI is InChI=1S/C13H15N3OS/c1-2-14-9-10-3-5-11(6-4-10)18-13-15-8-7-12(17)16-13/h3-8,14H,2,9H2,1H3,(H,15,16,17). The average molecular weight is 261 g/mol. The van der Waals surface area contributed by atoms with Gasteiger partial charge < -0.3 is 10.3 Å². The summed E-state index contributed by atoms with van der Waals surface area (Å²) in [6.45, 7) is 3.93. The van der Waals surface area contributed by atoms with Gasteiger partial charge in [-0.2, -0.15) is 0 Å². The molecule has 2 N–H and O–H groups in total. The second-order valence-corrected chi connectivity index (χ2v) is 4.83. The van der Waals surface area contributed by atoms with E-state index in [1.165, 1.54) is 29.6 Å². The first-order chi connectivity index (χ1) is 8.78. The molecule has 0 amide bonds. The van der Waals surface area contributed by atoms with Crippen molar-refractivity contribution in [3.63, 3.8) is 0 Å². The van der Waals surface area contributed by atoms with Crippen LogP contribution in [0.5, 0.6) is 0 Å². The lowest BCUT2D eigenvalue weighted by Crippen LogP contribution is -2.11. The van der Waals surface area contributed by atoms with E-state index in [-0.39, 0.29) is 5.56 Å². The van der Waals surface area contributed by atoms with Crippen LogP contribution in [-0.4, -0.2) is 16.5 Å². The van der Waals surface area contributed by atoms with Gasteiger partial charge >= 0.3 is 0 Å². The van der Waals surface area contributed by atoms with E-state index in [0.29, 0.717) is 5.16 Å². The second-order valence-electron chi connectivity index (χ2n) is 3.77. The largest absolute Gasteiger partial charge is 0.313 e. The summed E-state index contributed by atoms with van der Waals surface area (Å²) in [5, 5.41) is 3.89. The van der Waals surface area contributed by atoms with Gasteiger partial charge in [0.05, 0.1) is 0 Å². The summed E-state index contributed by atoms with van der Waals surface area (Å²) in [5.41, 5.74) is 1.12. The molecule has 0 saturated carbocycles. The van der Waals surface area contributed by atoms with Gasteiger partial charge in [0, 0.05) is 23.7 Å². The van der Waals surface area contributed by atoms with Crippen molar-refractivity contribution in [2.45, 2.75) is 23.5 Å². The number of hydrogen-bond acceptors (Lipinski definition) is 4. The minimum Gasteiger partial charge on any atom is -0.313 e. The lowest BCUT2D eigenvalue weighted by atomic mass is 10.2. The molecule has 0 radical (unpaired) electrons. The van der Waals surface area contributed by atoms with Crippen LogP contribution >= 0.6 is 11.8 Å². The van der Waals surface area contributed by atoms with Gasteiger partial charge in [-0.1, -0.05) is 30.8 Å². The third-order valence-electron chi connectivity index (χ3n) is 2.36. The lowest BCUT2D eigenvalue weighted by molar-refractivity contribution is 0.726. The van der Waals surface area contributed by atoms with Crippen LogP contribution in [0, 0.1) is 0 Å². The summed E-state index contributed by atoms with van der Waals surface area (Å²) in [6.07, 6.45) is 1.51. The van der Waals surface area contributed by atoms with Crippen molar-refractivity contribution in [1.29, 1.82) is 0 Å². The zero-order valence-corrected chi connectivity index (χ0v) is 11.0. The molecule has 2 rings (SSSR count). The highest BCUT2D eigenvalue weighted by atomic mass is 32.2. The topological polar surface area (TPSA) is 57.8 Å². The first-order valence-electron chi connectivity index (χ1n) is 5.81. The molecule has 2 aromatic rings. The first kappa shape index (κ1) is 12.9. The monoisotopic (exact) mass is 261 g/mol. The molecule has 0 spiro atoms. The van der Waals surface area contributed by atoms with E-state index in [4.69, 9.17) is 0 Å². The molecule has 1 aromatic carbocycles. The fourth-order valence-corrected chi connectivity index (χ4v) is 2.22. The van der Waals surface area contributed by atoms with Crippen LogP contribution in [-0.2, 0) is 6.54 Å². The number of rotatable bonds is 5. The van der Waals surface area contributed by atoms with E-state index in [2.05, 4.69) is 34.3 Å². The normalized spacial score (nSPS) is 10.5. The van der Waals surface area contributed by atoms with Gasteiger partial charge in [0.25, 0.3) is 5.56 Å². The number of H-pyrrole nitrogens is 1. The van der Waals surface area contributed by atoms with Crippen LogP contribution in [0.3, 0.4) is 0 Å². The summed E-state index contributed by atoms with van der Waals surface area (Å²) in [6, 6.07) is 9.62. The maximum Gasteiger partial charge on any atom is 0.251 e. The third-order valence-corrected chi connectivity index (χ3v) is 3.27. The Kier molecular flexibility index (Phi) is 4.55. The predicted molar refractivity (Wildman–Crippen MR) is 72.8 cm³/mol. The highest BCUT2D eigenvalue weighted by molar-refractivity contribution is 7.99. The molecule has 1 aromatic heterocycles. The molecule has 0 unspecified atom stereocenters. The zero-order valence-electron chi connectivity index (χ0n) is 10.1. The molecular formula is C13H15N3OS. The molecule has 0 aliphatic heterocycles. The van der Waals surface area contributed by atoms with Crippen LogP contribution in [0.25, 0.3) is 0 Å². The highest BCUT2D eigenvalue weighted by Crippen LogP contribution is 2.23. The van der Waals surface area contributed by atoms with Gasteiger partial charge in [0.1, 0.15) is 0 Å². The smallest absolute Gasteiger partial charge is 0.251 e. The van der Waals surface area contributed by atoms with Crippen LogP contribution < -0.4 is 10.9 Å². The van der Waals surface area contributed by atoms with Crippen molar-refractivity contribution < 1.29 is 0 Å². The predicted octanol–water partition coefficient (Wildman–Crippen LogP) is 2.03. The summed E-state index contributed by atoms with van der Waals surface area (Å²) in [5.74, 6) is 0. The van der Waals surface area contributed by atoms with E-state index in [1.807, 2.05) is 12.1 Å². The van der Waals surface area contributed by atoms with Crippen LogP contribution in [0.15, 0.2) is 51.4 Å². The van der Waals surface area contributed by atoms with Crippen molar-refractivity contribution in [2.24, 2.45) is 0 Å². The first-order valence-corrected chi connectivity index (χ1v) is 6.62. The van der Waals surface area contributed by atoms with Gasteiger partial charge in [-0.05, 0) is 24.2 Å². The van der Waals surface area contributed by atoms with E-state index in [0.717, 1.165) is 18.0 Å². The van der Waals surface area contributed by atoms with E-state index in [9.17, 15) is 4.79 Å². The van der Waals surface area contributed by atoms with Crippen LogP contribution in [0.2, 0.25) is 0 Å². The Morgan fingerprint density at radius 1 is 1.28 bits per heavy atom. The number of aromatic nitrogens is 2. The van der Waals surface area contributed by atoms with Crippen LogP contribution in [0.4, 0.5) is 0 Å². The maximum atomic E-state index is 11.1. The van der Waals surface area contributed by atoms with E-state index in [1.54, 1.807) is 0 Å². The highest BCUT2D eigenvalue weighted by Gasteiger charge is 1.99. The van der Waals surface area contributed by atoms with Crippen molar-refractivity contribution in [1.82, 2.24) is 15.3 Å². The number of aromatic amines is 1. The third kappa shape index (κ3) is 3.72. The summed E-state index contributed by atoms with van der Waals surface area (Å²) in [7, 11) is 0. The van der Waals surface area contributed by atoms with Crippen molar-refractivity contribution in [2.75, 3.05) is 6.54 Å². The lowest BCUT2D eigenvalue weighted by Gasteiger charge is -2.04. The Balaban J connectivity index is 2.04. The zero-order chi connectivity index (χ0) is 12.8. The van der Waals surface area contributed by atoms with Gasteiger partial charge in [0.2, 0.25) is 0 Å².